The minimum atomic E-state index is 0. The van der Waals surface area contributed by atoms with E-state index in [4.69, 9.17) is 0 Å². The van der Waals surface area contributed by atoms with Crippen molar-refractivity contribution >= 4 is 23.1 Å². The number of benzene rings is 1. The summed E-state index contributed by atoms with van der Waals surface area (Å²) in [5.74, 6) is 0.880. The van der Waals surface area contributed by atoms with Crippen LogP contribution >= 0.6 is 0 Å². The van der Waals surface area contributed by atoms with E-state index in [1.165, 1.54) is 0 Å². The van der Waals surface area contributed by atoms with Crippen LogP contribution in [0.15, 0.2) is 18.2 Å². The van der Waals surface area contributed by atoms with Crippen molar-refractivity contribution in [1.29, 1.82) is 0 Å². The third-order valence-electron chi connectivity index (χ3n) is 2.32. The van der Waals surface area contributed by atoms with Gasteiger partial charge < -0.3 is 22.1 Å². The van der Waals surface area contributed by atoms with Crippen LogP contribution in [0.2, 0.25) is 0 Å². The van der Waals surface area contributed by atoms with Crippen LogP contribution < -0.4 is 22.1 Å². The molecule has 1 nitrogen and oxygen atoms in total. The summed E-state index contributed by atoms with van der Waals surface area (Å²) in [4.78, 5) is 0. The maximum atomic E-state index is 11.9. The average molecular weight is 281 g/mol. The molecule has 0 saturated heterocycles. The standard InChI is InChI=1S/C12H18O.BrH.Mg/c1-8(2)10-6-5-7-11(9(3)4)12(10)13;;/h5-9,13H,1-4H3;1H;/q;;+2/p-2. The Kier molecular flexibility index (Phi) is 8.86. The Morgan fingerprint density at radius 1 is 0.933 bits per heavy atom. The van der Waals surface area contributed by atoms with Gasteiger partial charge in [-0.3, -0.25) is 0 Å². The number of rotatable bonds is 2. The summed E-state index contributed by atoms with van der Waals surface area (Å²) >= 11 is 0. The van der Waals surface area contributed by atoms with E-state index in [0.29, 0.717) is 11.8 Å². The molecule has 1 aromatic carbocycles. The van der Waals surface area contributed by atoms with Crippen molar-refractivity contribution in [2.24, 2.45) is 0 Å². The molecule has 0 N–H and O–H groups in total. The number of hydrogen-bond donors (Lipinski definition) is 0. The minimum Gasteiger partial charge on any atom is -1.00 e. The minimum absolute atomic E-state index is 0. The first kappa shape index (κ1) is 17.7. The Morgan fingerprint density at radius 3 is 1.53 bits per heavy atom. The molecule has 0 unspecified atom stereocenters. The molecule has 15 heavy (non-hydrogen) atoms. The number of hydrogen-bond acceptors (Lipinski definition) is 1. The largest absolute Gasteiger partial charge is 2.00 e. The van der Waals surface area contributed by atoms with Crippen molar-refractivity contribution in [2.45, 2.75) is 39.5 Å². The molecule has 0 aliphatic heterocycles. The number of halogens is 1. The van der Waals surface area contributed by atoms with Crippen LogP contribution in [0.5, 0.6) is 5.75 Å². The second-order valence-electron chi connectivity index (χ2n) is 4.07. The van der Waals surface area contributed by atoms with E-state index in [1.54, 1.807) is 0 Å². The van der Waals surface area contributed by atoms with Crippen LogP contribution in [-0.4, -0.2) is 23.1 Å². The van der Waals surface area contributed by atoms with Crippen LogP contribution in [0.3, 0.4) is 0 Å². The van der Waals surface area contributed by atoms with E-state index in [0.717, 1.165) is 11.1 Å². The molecule has 0 aliphatic carbocycles. The molecule has 0 aliphatic rings. The first-order chi connectivity index (χ1) is 6.04. The third kappa shape index (κ3) is 4.33. The molecule has 0 amide bonds. The second-order valence-corrected chi connectivity index (χ2v) is 4.07. The Hall–Kier alpha value is 0.266. The fourth-order valence-electron chi connectivity index (χ4n) is 1.48. The Labute approximate surface area is 119 Å². The van der Waals surface area contributed by atoms with Crippen LogP contribution in [0.1, 0.15) is 50.7 Å². The van der Waals surface area contributed by atoms with Crippen LogP contribution in [0.4, 0.5) is 0 Å². The zero-order valence-corrected chi connectivity index (χ0v) is 12.9. The molecule has 0 atom stereocenters. The van der Waals surface area contributed by atoms with E-state index in [2.05, 4.69) is 27.7 Å². The molecule has 0 spiro atoms. The van der Waals surface area contributed by atoms with Crippen molar-refractivity contribution < 1.29 is 22.1 Å². The Bertz CT molecular complexity index is 271. The van der Waals surface area contributed by atoms with Crippen LogP contribution in [0, 0.1) is 0 Å². The maximum Gasteiger partial charge on any atom is 2.00 e. The fourth-order valence-corrected chi connectivity index (χ4v) is 1.48. The van der Waals surface area contributed by atoms with E-state index in [1.807, 2.05) is 18.2 Å². The van der Waals surface area contributed by atoms with Gasteiger partial charge in [0.1, 0.15) is 0 Å². The Balaban J connectivity index is 0. The number of para-hydroxylation sites is 1. The molecule has 0 saturated carbocycles. The quantitative estimate of drug-likeness (QED) is 0.679. The van der Waals surface area contributed by atoms with Gasteiger partial charge in [-0.1, -0.05) is 57.0 Å². The molecule has 1 aromatic rings. The van der Waals surface area contributed by atoms with Crippen molar-refractivity contribution in [1.82, 2.24) is 0 Å². The van der Waals surface area contributed by atoms with E-state index in [-0.39, 0.29) is 45.8 Å². The average Bonchev–Trinajstić information content (AvgIpc) is 2.03. The van der Waals surface area contributed by atoms with Gasteiger partial charge in [0, 0.05) is 0 Å². The first-order valence-electron chi connectivity index (χ1n) is 4.83. The summed E-state index contributed by atoms with van der Waals surface area (Å²) in [6, 6.07) is 5.84. The second kappa shape index (κ2) is 7.53. The van der Waals surface area contributed by atoms with Gasteiger partial charge in [-0.05, 0) is 11.8 Å². The van der Waals surface area contributed by atoms with Crippen LogP contribution in [0.25, 0.3) is 0 Å². The monoisotopic (exact) mass is 280 g/mol. The van der Waals surface area contributed by atoms with Gasteiger partial charge in [0.15, 0.2) is 0 Å². The van der Waals surface area contributed by atoms with E-state index in [9.17, 15) is 5.11 Å². The molecule has 0 aromatic heterocycles. The fraction of sp³-hybridized carbons (Fsp3) is 0.500. The molecule has 0 radical (unpaired) electrons. The first-order valence-corrected chi connectivity index (χ1v) is 4.83. The topological polar surface area (TPSA) is 23.1 Å². The summed E-state index contributed by atoms with van der Waals surface area (Å²) < 4.78 is 0. The molecule has 3 heteroatoms. The van der Waals surface area contributed by atoms with Gasteiger partial charge in [0.2, 0.25) is 0 Å². The molecule has 1 rings (SSSR count). The summed E-state index contributed by atoms with van der Waals surface area (Å²) in [6.45, 7) is 8.23. The molecular formula is C12H17BrMgO. The van der Waals surface area contributed by atoms with E-state index < -0.39 is 0 Å². The van der Waals surface area contributed by atoms with Crippen LogP contribution in [-0.2, 0) is 0 Å². The summed E-state index contributed by atoms with van der Waals surface area (Å²) in [5.41, 5.74) is 1.87. The summed E-state index contributed by atoms with van der Waals surface area (Å²) in [5, 5.41) is 11.9. The van der Waals surface area contributed by atoms with Gasteiger partial charge in [0.25, 0.3) is 0 Å². The van der Waals surface area contributed by atoms with Gasteiger partial charge in [-0.25, -0.2) is 0 Å². The van der Waals surface area contributed by atoms with Gasteiger partial charge in [-0.2, -0.15) is 0 Å². The smallest absolute Gasteiger partial charge is 1.00 e. The summed E-state index contributed by atoms with van der Waals surface area (Å²) in [6.07, 6.45) is 0. The van der Waals surface area contributed by atoms with Crippen molar-refractivity contribution in [3.63, 3.8) is 0 Å². The van der Waals surface area contributed by atoms with Gasteiger partial charge in [0.05, 0.1) is 0 Å². The van der Waals surface area contributed by atoms with Crippen molar-refractivity contribution in [3.8, 4) is 5.75 Å². The maximum absolute atomic E-state index is 11.9. The Morgan fingerprint density at radius 2 is 1.27 bits per heavy atom. The molecular weight excluding hydrogens is 264 g/mol. The SMILES string of the molecule is CC(C)c1cccc(C(C)C)c1[O-].[Br-].[Mg+2]. The van der Waals surface area contributed by atoms with E-state index >= 15 is 0 Å². The predicted octanol–water partition coefficient (Wildman–Crippen LogP) is -0.370. The zero-order valence-electron chi connectivity index (χ0n) is 9.88. The van der Waals surface area contributed by atoms with Gasteiger partial charge in [-0.15, -0.1) is 5.75 Å². The normalized spacial score (nSPS) is 9.73. The molecule has 0 bridgehead atoms. The molecule has 0 heterocycles. The zero-order chi connectivity index (χ0) is 10.0. The van der Waals surface area contributed by atoms with Gasteiger partial charge >= 0.3 is 23.1 Å². The molecule has 80 valence electrons. The van der Waals surface area contributed by atoms with Crippen molar-refractivity contribution in [3.05, 3.63) is 29.3 Å². The van der Waals surface area contributed by atoms with Crippen molar-refractivity contribution in [2.75, 3.05) is 0 Å². The summed E-state index contributed by atoms with van der Waals surface area (Å²) in [7, 11) is 0. The third-order valence-corrected chi connectivity index (χ3v) is 2.32. The molecule has 0 fully saturated rings. The predicted molar refractivity (Wildman–Crippen MR) is 59.8 cm³/mol.